The zero-order chi connectivity index (χ0) is 33.7. The zero-order valence-electron chi connectivity index (χ0n) is 29.7. The van der Waals surface area contributed by atoms with E-state index in [1.54, 1.807) is 0 Å². The molecule has 6 rings (SSSR count). The van der Waals surface area contributed by atoms with Gasteiger partial charge in [-0.25, -0.2) is 0 Å². The molecular formula is C39H55N3O6. The third-order valence-electron chi connectivity index (χ3n) is 9.29. The van der Waals surface area contributed by atoms with Gasteiger partial charge in [0.1, 0.15) is 24.7 Å². The number of benzene rings is 3. The smallest absolute Gasteiger partial charge is 0.142 e. The van der Waals surface area contributed by atoms with E-state index >= 15 is 0 Å². The molecule has 3 aromatic rings. The molecule has 2 bridgehead atoms. The maximum absolute atomic E-state index is 6.64. The second-order valence-electron chi connectivity index (χ2n) is 12.7. The Balaban J connectivity index is 1.50. The SMILES string of the molecule is Cc1cc2c(cc1C)N1CCOCCOCCN(CCOCCOCC1)c1cc(C)c(C)cc1OCCN(c1ccccc1C)CCO2. The Kier molecular flexibility index (Phi) is 13.7. The number of hydrogen-bond donors (Lipinski definition) is 0. The molecular weight excluding hydrogens is 606 g/mol. The van der Waals surface area contributed by atoms with E-state index in [2.05, 4.69) is 97.8 Å². The Bertz CT molecular complexity index is 1340. The molecule has 3 aliphatic heterocycles. The highest BCUT2D eigenvalue weighted by molar-refractivity contribution is 5.63. The highest BCUT2D eigenvalue weighted by Crippen LogP contribution is 2.33. The average Bonchev–Trinajstić information content (AvgIpc) is 3.07. The van der Waals surface area contributed by atoms with Crippen LogP contribution in [0.4, 0.5) is 17.1 Å². The minimum atomic E-state index is 0.530. The van der Waals surface area contributed by atoms with Gasteiger partial charge in [-0.2, -0.15) is 0 Å². The summed E-state index contributed by atoms with van der Waals surface area (Å²) in [7, 11) is 0. The van der Waals surface area contributed by atoms with Gasteiger partial charge in [0.25, 0.3) is 0 Å². The lowest BCUT2D eigenvalue weighted by molar-refractivity contribution is 0.0435. The predicted molar refractivity (Wildman–Crippen MR) is 194 cm³/mol. The maximum atomic E-state index is 6.64. The van der Waals surface area contributed by atoms with Crippen LogP contribution >= 0.6 is 0 Å². The molecule has 0 aliphatic carbocycles. The van der Waals surface area contributed by atoms with Crippen molar-refractivity contribution in [1.82, 2.24) is 0 Å². The summed E-state index contributed by atoms with van der Waals surface area (Å²) in [6.45, 7) is 20.6. The van der Waals surface area contributed by atoms with Gasteiger partial charge >= 0.3 is 0 Å². The lowest BCUT2D eigenvalue weighted by Crippen LogP contribution is -2.34. The van der Waals surface area contributed by atoms with Crippen molar-refractivity contribution in [1.29, 1.82) is 0 Å². The zero-order valence-corrected chi connectivity index (χ0v) is 29.7. The number of anilines is 3. The Morgan fingerprint density at radius 3 is 1.15 bits per heavy atom. The molecule has 48 heavy (non-hydrogen) atoms. The topological polar surface area (TPSA) is 65.1 Å². The molecule has 0 amide bonds. The quantitative estimate of drug-likeness (QED) is 0.297. The van der Waals surface area contributed by atoms with Crippen LogP contribution in [0.25, 0.3) is 0 Å². The van der Waals surface area contributed by atoms with E-state index in [1.807, 2.05) is 0 Å². The molecule has 1 fully saturated rings. The summed E-state index contributed by atoms with van der Waals surface area (Å²) < 4.78 is 37.6. The van der Waals surface area contributed by atoms with E-state index in [1.165, 1.54) is 33.5 Å². The molecule has 9 nitrogen and oxygen atoms in total. The summed E-state index contributed by atoms with van der Waals surface area (Å²) in [5, 5.41) is 0. The first kappa shape index (κ1) is 35.8. The van der Waals surface area contributed by atoms with E-state index in [4.69, 9.17) is 28.4 Å². The molecule has 0 radical (unpaired) electrons. The molecule has 9 heteroatoms. The minimum Gasteiger partial charge on any atom is -0.490 e. The standard InChI is InChI=1S/C39H55N3O6/c1-30-8-6-7-9-35(30)40-14-20-47-38-28-33(4)31(2)26-36(38)41-10-16-43-22-24-45-18-12-42(13-19-46-25-23-44-17-11-41)37-27-32(3)34(5)29-39(37)48-21-15-40/h6-9,26-29H,10-25H2,1-5H3. The van der Waals surface area contributed by atoms with Crippen LogP contribution in [-0.4, -0.2) is 105 Å². The summed E-state index contributed by atoms with van der Waals surface area (Å²) in [5.74, 6) is 1.75. The summed E-state index contributed by atoms with van der Waals surface area (Å²) >= 11 is 0. The van der Waals surface area contributed by atoms with E-state index in [9.17, 15) is 0 Å². The highest BCUT2D eigenvalue weighted by atomic mass is 16.5. The van der Waals surface area contributed by atoms with Crippen LogP contribution in [0.1, 0.15) is 27.8 Å². The van der Waals surface area contributed by atoms with Crippen molar-refractivity contribution in [2.45, 2.75) is 34.6 Å². The van der Waals surface area contributed by atoms with Gasteiger partial charge in [0.05, 0.1) is 77.3 Å². The van der Waals surface area contributed by atoms with E-state index in [0.717, 1.165) is 22.9 Å². The first-order valence-electron chi connectivity index (χ1n) is 17.5. The second-order valence-corrected chi connectivity index (χ2v) is 12.7. The first-order chi connectivity index (χ1) is 23.4. The van der Waals surface area contributed by atoms with Crippen LogP contribution in [0, 0.1) is 34.6 Å². The van der Waals surface area contributed by atoms with Crippen molar-refractivity contribution in [3.8, 4) is 11.5 Å². The first-order valence-corrected chi connectivity index (χ1v) is 17.5. The van der Waals surface area contributed by atoms with Crippen LogP contribution in [0.3, 0.4) is 0 Å². The third kappa shape index (κ3) is 10.0. The number of fused-ring (bicyclic) bond motifs is 20. The fraction of sp³-hybridized carbons (Fsp3) is 0.538. The summed E-state index contributed by atoms with van der Waals surface area (Å²) in [4.78, 5) is 7.02. The normalized spacial score (nSPS) is 18.3. The monoisotopic (exact) mass is 661 g/mol. The fourth-order valence-electron chi connectivity index (χ4n) is 6.13. The van der Waals surface area contributed by atoms with Gasteiger partial charge < -0.3 is 43.1 Å². The van der Waals surface area contributed by atoms with Crippen LogP contribution in [0.15, 0.2) is 48.5 Å². The Morgan fingerprint density at radius 1 is 0.375 bits per heavy atom. The molecule has 1 saturated heterocycles. The number of aryl methyl sites for hydroxylation is 5. The minimum absolute atomic E-state index is 0.530. The molecule has 3 heterocycles. The molecule has 3 aromatic carbocycles. The molecule has 0 aromatic heterocycles. The van der Waals surface area contributed by atoms with Crippen molar-refractivity contribution >= 4 is 17.1 Å². The number of rotatable bonds is 1. The lowest BCUT2D eigenvalue weighted by atomic mass is 10.1. The summed E-state index contributed by atoms with van der Waals surface area (Å²) in [5.41, 5.74) is 9.40. The molecule has 0 N–H and O–H groups in total. The van der Waals surface area contributed by atoms with Crippen molar-refractivity contribution < 1.29 is 28.4 Å². The average molecular weight is 662 g/mol. The Morgan fingerprint density at radius 2 is 0.729 bits per heavy atom. The van der Waals surface area contributed by atoms with Gasteiger partial charge in [-0.05, 0) is 92.8 Å². The predicted octanol–water partition coefficient (Wildman–Crippen LogP) is 5.90. The largest absolute Gasteiger partial charge is 0.490 e. The van der Waals surface area contributed by atoms with Gasteiger partial charge in [-0.3, -0.25) is 0 Å². The van der Waals surface area contributed by atoms with Gasteiger partial charge in [0, 0.05) is 31.9 Å². The molecule has 0 saturated carbocycles. The van der Waals surface area contributed by atoms with Crippen LogP contribution in [-0.2, 0) is 18.9 Å². The number of nitrogens with zero attached hydrogens (tertiary/aromatic N) is 3. The number of para-hydroxylation sites is 1. The second kappa shape index (κ2) is 18.3. The third-order valence-corrected chi connectivity index (χ3v) is 9.29. The van der Waals surface area contributed by atoms with Gasteiger partial charge in [-0.1, -0.05) is 18.2 Å². The van der Waals surface area contributed by atoms with E-state index in [0.29, 0.717) is 105 Å². The van der Waals surface area contributed by atoms with Crippen molar-refractivity contribution in [3.05, 3.63) is 76.3 Å². The van der Waals surface area contributed by atoms with Gasteiger partial charge in [-0.15, -0.1) is 0 Å². The fourth-order valence-corrected chi connectivity index (χ4v) is 6.13. The highest BCUT2D eigenvalue weighted by Gasteiger charge is 2.19. The molecule has 262 valence electrons. The van der Waals surface area contributed by atoms with Crippen LogP contribution < -0.4 is 24.2 Å². The lowest BCUT2D eigenvalue weighted by Gasteiger charge is -2.30. The van der Waals surface area contributed by atoms with E-state index < -0.39 is 0 Å². The van der Waals surface area contributed by atoms with Gasteiger partial charge in [0.15, 0.2) is 0 Å². The number of ether oxygens (including phenoxy) is 6. The van der Waals surface area contributed by atoms with E-state index in [-0.39, 0.29) is 0 Å². The molecule has 0 unspecified atom stereocenters. The van der Waals surface area contributed by atoms with Crippen LogP contribution in [0.5, 0.6) is 11.5 Å². The van der Waals surface area contributed by atoms with Crippen molar-refractivity contribution in [2.75, 3.05) is 120 Å². The summed E-state index contributed by atoms with van der Waals surface area (Å²) in [6.07, 6.45) is 0. The van der Waals surface area contributed by atoms with Crippen LogP contribution in [0.2, 0.25) is 0 Å². The van der Waals surface area contributed by atoms with Crippen molar-refractivity contribution in [3.63, 3.8) is 0 Å². The van der Waals surface area contributed by atoms with Gasteiger partial charge in [0.2, 0.25) is 0 Å². The van der Waals surface area contributed by atoms with Crippen molar-refractivity contribution in [2.24, 2.45) is 0 Å². The molecule has 3 aliphatic rings. The number of hydrogen-bond acceptors (Lipinski definition) is 9. The maximum Gasteiger partial charge on any atom is 0.142 e. The Hall–Kier alpha value is -3.50. The summed E-state index contributed by atoms with van der Waals surface area (Å²) in [6, 6.07) is 17.3. The molecule has 0 atom stereocenters. The molecule has 0 spiro atoms. The Labute approximate surface area is 287 Å².